The summed E-state index contributed by atoms with van der Waals surface area (Å²) < 4.78 is 18.8. The summed E-state index contributed by atoms with van der Waals surface area (Å²) in [4.78, 5) is 2.51. The Morgan fingerprint density at radius 1 is 0.923 bits per heavy atom. The number of nitrogens with zero attached hydrogens (tertiary/aromatic N) is 3. The van der Waals surface area contributed by atoms with Crippen LogP contribution in [0.1, 0.15) is 0 Å². The second-order valence-corrected chi connectivity index (χ2v) is 6.70. The second kappa shape index (κ2) is 9.45. The van der Waals surface area contributed by atoms with Crippen LogP contribution in [0.25, 0.3) is 10.4 Å². The van der Waals surface area contributed by atoms with Crippen LogP contribution in [0, 0.1) is 0 Å². The molecule has 0 amide bonds. The van der Waals surface area contributed by atoms with Crippen molar-refractivity contribution in [3.8, 4) is 0 Å². The van der Waals surface area contributed by atoms with Crippen LogP contribution >= 0.6 is 11.9 Å². The maximum Gasteiger partial charge on any atom is 0.185 e. The molecule has 0 bridgehead atoms. The quantitative estimate of drug-likeness (QED) is 0.101. The van der Waals surface area contributed by atoms with Gasteiger partial charge in [0.1, 0.15) is 36.6 Å². The minimum Gasteiger partial charge on any atom is -0.394 e. The van der Waals surface area contributed by atoms with Crippen LogP contribution < -0.4 is 0 Å². The largest absolute Gasteiger partial charge is 0.394 e. The third kappa shape index (κ3) is 4.39. The van der Waals surface area contributed by atoms with Gasteiger partial charge in [-0.3, -0.25) is 0 Å². The van der Waals surface area contributed by atoms with Crippen molar-refractivity contribution < 1.29 is 50.0 Å². The summed E-state index contributed by atoms with van der Waals surface area (Å²) in [5.41, 5.74) is 8.41. The van der Waals surface area contributed by atoms with Gasteiger partial charge < -0.3 is 50.0 Å². The van der Waals surface area contributed by atoms with Gasteiger partial charge in [0.15, 0.2) is 12.6 Å². The minimum absolute atomic E-state index is 0.511. The van der Waals surface area contributed by atoms with Gasteiger partial charge in [0.05, 0.1) is 24.6 Å². The molecule has 0 saturated carbocycles. The first kappa shape index (κ1) is 21.6. The summed E-state index contributed by atoms with van der Waals surface area (Å²) >= 11 is 0.511. The molecule has 0 aromatic heterocycles. The molecule has 2 heterocycles. The van der Waals surface area contributed by atoms with Gasteiger partial charge in [0.2, 0.25) is 0 Å². The van der Waals surface area contributed by atoms with Crippen molar-refractivity contribution >= 4 is 11.9 Å². The van der Waals surface area contributed by atoms with E-state index in [4.69, 9.17) is 19.7 Å². The SMILES string of the molecule is [N-]=[N+]=NS[C@@H]1[C@@H](O)[C@@H](O[C@H]2[C@H](O)[C@@H](O)[C@H](O)O[C@@H]2CO)O[C@H](CO)[C@H]1O. The molecule has 10 atom stereocenters. The van der Waals surface area contributed by atoms with Gasteiger partial charge in [-0.15, -0.1) is 0 Å². The smallest absolute Gasteiger partial charge is 0.185 e. The Morgan fingerprint density at radius 3 is 2.15 bits per heavy atom. The Labute approximate surface area is 151 Å². The molecule has 26 heavy (non-hydrogen) atoms. The lowest BCUT2D eigenvalue weighted by Crippen LogP contribution is -2.63. The normalized spacial score (nSPS) is 46.6. The molecule has 2 rings (SSSR count). The highest BCUT2D eigenvalue weighted by Crippen LogP contribution is 2.33. The van der Waals surface area contributed by atoms with E-state index in [-0.39, 0.29) is 0 Å². The number of aliphatic hydroxyl groups is 7. The molecule has 2 aliphatic rings. The number of hydrogen-bond acceptors (Lipinski definition) is 12. The fourth-order valence-electron chi connectivity index (χ4n) is 2.76. The molecule has 0 unspecified atom stereocenters. The van der Waals surface area contributed by atoms with E-state index in [1.54, 1.807) is 0 Å². The Balaban J connectivity index is 2.18. The highest BCUT2D eigenvalue weighted by molar-refractivity contribution is 7.98. The van der Waals surface area contributed by atoms with Crippen molar-refractivity contribution in [3.05, 3.63) is 10.4 Å². The first-order chi connectivity index (χ1) is 12.3. The van der Waals surface area contributed by atoms with Crippen LogP contribution in [0.2, 0.25) is 0 Å². The number of azide groups is 1. The predicted molar refractivity (Wildman–Crippen MR) is 83.1 cm³/mol. The summed E-state index contributed by atoms with van der Waals surface area (Å²) in [5.74, 6) is 0. The summed E-state index contributed by atoms with van der Waals surface area (Å²) in [5, 5.41) is 67.2. The predicted octanol–water partition coefficient (Wildman–Crippen LogP) is -3.43. The third-order valence-electron chi connectivity index (χ3n) is 4.16. The van der Waals surface area contributed by atoms with Crippen LogP contribution in [-0.4, -0.2) is 110 Å². The Kier molecular flexibility index (Phi) is 7.84. The van der Waals surface area contributed by atoms with Gasteiger partial charge in [-0.1, -0.05) is 11.9 Å². The van der Waals surface area contributed by atoms with E-state index < -0.39 is 73.8 Å². The van der Waals surface area contributed by atoms with E-state index in [1.165, 1.54) is 0 Å². The molecule has 7 N–H and O–H groups in total. The Hall–Kier alpha value is -0.740. The van der Waals surface area contributed by atoms with E-state index in [0.717, 1.165) is 0 Å². The lowest BCUT2D eigenvalue weighted by atomic mass is 9.98. The van der Waals surface area contributed by atoms with Crippen LogP contribution in [0.15, 0.2) is 4.52 Å². The maximum absolute atomic E-state index is 10.3. The molecule has 0 radical (unpaired) electrons. The van der Waals surface area contributed by atoms with Crippen LogP contribution in [-0.2, 0) is 14.2 Å². The molecule has 150 valence electrons. The van der Waals surface area contributed by atoms with E-state index in [9.17, 15) is 35.7 Å². The molecule has 0 aromatic carbocycles. The number of hydrogen-bond donors (Lipinski definition) is 7. The topological polar surface area (TPSA) is 218 Å². The first-order valence-corrected chi connectivity index (χ1v) is 8.48. The van der Waals surface area contributed by atoms with Crippen molar-refractivity contribution in [1.82, 2.24) is 0 Å². The summed E-state index contributed by atoms with van der Waals surface area (Å²) in [7, 11) is 0. The molecule has 2 aliphatic heterocycles. The van der Waals surface area contributed by atoms with E-state index >= 15 is 0 Å². The van der Waals surface area contributed by atoms with Crippen molar-refractivity contribution in [1.29, 1.82) is 0 Å². The zero-order chi connectivity index (χ0) is 19.4. The van der Waals surface area contributed by atoms with Crippen molar-refractivity contribution in [2.75, 3.05) is 13.2 Å². The minimum atomic E-state index is -1.75. The fraction of sp³-hybridized carbons (Fsp3) is 1.00. The maximum atomic E-state index is 10.3. The summed E-state index contributed by atoms with van der Waals surface area (Å²) in [6.07, 6.45) is -13.5. The van der Waals surface area contributed by atoms with E-state index in [0.29, 0.717) is 11.9 Å². The molecule has 0 aromatic rings. The average molecular weight is 399 g/mol. The van der Waals surface area contributed by atoms with Gasteiger partial charge in [0.25, 0.3) is 0 Å². The average Bonchev–Trinajstić information content (AvgIpc) is 2.63. The Morgan fingerprint density at radius 2 is 1.58 bits per heavy atom. The highest BCUT2D eigenvalue weighted by Gasteiger charge is 2.50. The molecular weight excluding hydrogens is 378 g/mol. The van der Waals surface area contributed by atoms with Crippen molar-refractivity contribution in [2.45, 2.75) is 60.6 Å². The summed E-state index contributed by atoms with van der Waals surface area (Å²) in [6, 6.07) is 0. The zero-order valence-corrected chi connectivity index (χ0v) is 14.1. The molecular formula is C12H21N3O10S. The lowest BCUT2D eigenvalue weighted by Gasteiger charge is -2.45. The fourth-order valence-corrected chi connectivity index (χ4v) is 3.46. The summed E-state index contributed by atoms with van der Waals surface area (Å²) in [6.45, 7) is -1.33. The number of rotatable bonds is 6. The standard InChI is InChI=1S/C12H21N3O10S/c13-14-15-26-10-5(18)3(1-16)24-12(8(10)21)25-9-4(2-17)23-11(22)7(20)6(9)19/h3-12,16-22H,1-2H2/t3-,4-,5-,6-,7-,8-,9-,10+,11-,12-/m1/s1. The van der Waals surface area contributed by atoms with Crippen molar-refractivity contribution in [3.63, 3.8) is 0 Å². The monoisotopic (exact) mass is 399 g/mol. The molecule has 2 saturated heterocycles. The molecule has 0 spiro atoms. The Bertz CT molecular complexity index is 510. The van der Waals surface area contributed by atoms with Crippen LogP contribution in [0.3, 0.4) is 0 Å². The first-order valence-electron chi connectivity index (χ1n) is 7.64. The van der Waals surface area contributed by atoms with Gasteiger partial charge in [-0.05, 0) is 10.1 Å². The molecule has 13 nitrogen and oxygen atoms in total. The van der Waals surface area contributed by atoms with E-state index in [2.05, 4.69) is 9.43 Å². The second-order valence-electron chi connectivity index (χ2n) is 5.78. The van der Waals surface area contributed by atoms with Gasteiger partial charge >= 0.3 is 0 Å². The van der Waals surface area contributed by atoms with E-state index in [1.807, 2.05) is 0 Å². The zero-order valence-electron chi connectivity index (χ0n) is 13.3. The van der Waals surface area contributed by atoms with Gasteiger partial charge in [-0.2, -0.15) is 0 Å². The molecule has 14 heteroatoms. The van der Waals surface area contributed by atoms with Gasteiger partial charge in [0, 0.05) is 4.91 Å². The highest BCUT2D eigenvalue weighted by atomic mass is 32.2. The lowest BCUT2D eigenvalue weighted by molar-refractivity contribution is -0.342. The van der Waals surface area contributed by atoms with Gasteiger partial charge in [-0.25, -0.2) is 0 Å². The number of aliphatic hydroxyl groups excluding tert-OH is 7. The van der Waals surface area contributed by atoms with Crippen molar-refractivity contribution in [2.24, 2.45) is 4.52 Å². The molecule has 0 aliphatic carbocycles. The van der Waals surface area contributed by atoms with Crippen LogP contribution in [0.5, 0.6) is 0 Å². The third-order valence-corrected chi connectivity index (χ3v) is 5.13. The number of ether oxygens (including phenoxy) is 3. The molecule has 2 fully saturated rings. The van der Waals surface area contributed by atoms with Crippen LogP contribution in [0.4, 0.5) is 0 Å².